The maximum absolute atomic E-state index is 11.7. The Bertz CT molecular complexity index is 532. The minimum atomic E-state index is -1.33. The number of allylic oxidation sites excluding steroid dienone is 1. The Kier molecular flexibility index (Phi) is 1.65. The number of carbonyl (C=O) groups excluding carboxylic acids is 1. The molecule has 3 heteroatoms. The van der Waals surface area contributed by atoms with Gasteiger partial charge in [0.2, 0.25) is 5.79 Å². The van der Waals surface area contributed by atoms with Crippen LogP contribution in [0.3, 0.4) is 0 Å². The van der Waals surface area contributed by atoms with Gasteiger partial charge in [0, 0.05) is 17.6 Å². The van der Waals surface area contributed by atoms with E-state index in [1.54, 1.807) is 6.92 Å². The molecule has 1 heterocycles. The fourth-order valence-corrected chi connectivity index (χ4v) is 4.78. The highest BCUT2D eigenvalue weighted by Crippen LogP contribution is 2.73. The van der Waals surface area contributed by atoms with Crippen LogP contribution in [0.25, 0.3) is 0 Å². The van der Waals surface area contributed by atoms with E-state index in [0.717, 1.165) is 12.0 Å². The lowest BCUT2D eigenvalue weighted by atomic mass is 9.62. The molecule has 1 N–H and O–H groups in total. The molecule has 0 bridgehead atoms. The predicted molar refractivity (Wildman–Crippen MR) is 65.3 cm³/mol. The Morgan fingerprint density at radius 2 is 2.22 bits per heavy atom. The minimum Gasteiger partial charge on any atom is -0.426 e. The summed E-state index contributed by atoms with van der Waals surface area (Å²) >= 11 is 0. The van der Waals surface area contributed by atoms with Crippen LogP contribution in [0.1, 0.15) is 33.1 Å². The molecule has 0 aromatic heterocycles. The van der Waals surface area contributed by atoms with E-state index in [1.807, 2.05) is 0 Å². The molecule has 4 rings (SSSR count). The van der Waals surface area contributed by atoms with E-state index in [-0.39, 0.29) is 11.4 Å². The fourth-order valence-electron chi connectivity index (χ4n) is 4.78. The molecule has 0 unspecified atom stereocenters. The summed E-state index contributed by atoms with van der Waals surface area (Å²) in [5, 5.41) is 10.7. The zero-order valence-corrected chi connectivity index (χ0v) is 10.8. The Labute approximate surface area is 107 Å². The predicted octanol–water partition coefficient (Wildman–Crippen LogP) is 2.17. The van der Waals surface area contributed by atoms with Crippen molar-refractivity contribution in [3.05, 3.63) is 23.3 Å². The average molecular weight is 246 g/mol. The molecule has 3 fully saturated rings. The fraction of sp³-hybridized carbons (Fsp3) is 0.667. The second-order valence-corrected chi connectivity index (χ2v) is 6.74. The van der Waals surface area contributed by atoms with Crippen molar-refractivity contribution < 1.29 is 14.6 Å². The van der Waals surface area contributed by atoms with Crippen LogP contribution < -0.4 is 0 Å². The van der Waals surface area contributed by atoms with E-state index in [9.17, 15) is 9.90 Å². The molecule has 0 radical (unpaired) electrons. The van der Waals surface area contributed by atoms with Gasteiger partial charge in [0.15, 0.2) is 0 Å². The third-order valence-corrected chi connectivity index (χ3v) is 5.88. The van der Waals surface area contributed by atoms with Crippen LogP contribution in [0.5, 0.6) is 0 Å². The van der Waals surface area contributed by atoms with Gasteiger partial charge in [-0.2, -0.15) is 0 Å². The lowest BCUT2D eigenvalue weighted by Crippen LogP contribution is -2.46. The van der Waals surface area contributed by atoms with Crippen LogP contribution in [0.2, 0.25) is 0 Å². The first kappa shape index (κ1) is 10.8. The summed E-state index contributed by atoms with van der Waals surface area (Å²) in [5.41, 5.74) is 2.81. The number of aliphatic hydroxyl groups is 1. The molecule has 3 aliphatic carbocycles. The van der Waals surface area contributed by atoms with E-state index in [0.29, 0.717) is 29.7 Å². The monoisotopic (exact) mass is 246 g/mol. The number of rotatable bonds is 0. The summed E-state index contributed by atoms with van der Waals surface area (Å²) in [6.45, 7) is 8.25. The van der Waals surface area contributed by atoms with Crippen LogP contribution in [0.4, 0.5) is 0 Å². The van der Waals surface area contributed by atoms with Gasteiger partial charge >= 0.3 is 5.97 Å². The second kappa shape index (κ2) is 2.74. The summed E-state index contributed by atoms with van der Waals surface area (Å²) < 4.78 is 5.25. The van der Waals surface area contributed by atoms with Crippen molar-refractivity contribution in [1.29, 1.82) is 0 Å². The first-order valence-electron chi connectivity index (χ1n) is 6.71. The lowest BCUT2D eigenvalue weighted by molar-refractivity contribution is -0.201. The summed E-state index contributed by atoms with van der Waals surface area (Å²) in [7, 11) is 0. The molecule has 3 nitrogen and oxygen atoms in total. The SMILES string of the molecule is C=C1[C@H]2C[C@H]2[C@]2(C)C[C@]3(O)OC(=O)C(C)=C3C[C@H]12. The summed E-state index contributed by atoms with van der Waals surface area (Å²) in [6.07, 6.45) is 2.49. The summed E-state index contributed by atoms with van der Waals surface area (Å²) in [6, 6.07) is 0. The van der Waals surface area contributed by atoms with Crippen molar-refractivity contribution in [2.75, 3.05) is 0 Å². The molecular formula is C15H18O3. The average Bonchev–Trinajstić information content (AvgIpc) is 2.99. The number of carbonyl (C=O) groups is 1. The highest BCUT2D eigenvalue weighted by Gasteiger charge is 2.68. The first-order chi connectivity index (χ1) is 8.37. The molecule has 1 aliphatic heterocycles. The summed E-state index contributed by atoms with van der Waals surface area (Å²) in [4.78, 5) is 11.7. The third-order valence-electron chi connectivity index (χ3n) is 5.88. The Morgan fingerprint density at radius 1 is 1.50 bits per heavy atom. The smallest absolute Gasteiger partial charge is 0.336 e. The largest absolute Gasteiger partial charge is 0.426 e. The number of esters is 1. The van der Waals surface area contributed by atoms with Crippen LogP contribution in [-0.4, -0.2) is 16.9 Å². The number of hydrogen-bond acceptors (Lipinski definition) is 3. The van der Waals surface area contributed by atoms with Gasteiger partial charge in [0.05, 0.1) is 0 Å². The van der Waals surface area contributed by atoms with Gasteiger partial charge in [-0.15, -0.1) is 0 Å². The number of hydrogen-bond donors (Lipinski definition) is 1. The zero-order chi connectivity index (χ0) is 12.9. The number of ether oxygens (including phenoxy) is 1. The maximum atomic E-state index is 11.7. The van der Waals surface area contributed by atoms with E-state index < -0.39 is 5.79 Å². The third kappa shape index (κ3) is 0.993. The van der Waals surface area contributed by atoms with Crippen molar-refractivity contribution in [3.63, 3.8) is 0 Å². The van der Waals surface area contributed by atoms with Crippen LogP contribution in [0.15, 0.2) is 23.3 Å². The van der Waals surface area contributed by atoms with E-state index in [2.05, 4.69) is 13.5 Å². The molecule has 0 amide bonds. The van der Waals surface area contributed by atoms with E-state index >= 15 is 0 Å². The quantitative estimate of drug-likeness (QED) is 0.526. The summed E-state index contributed by atoms with van der Waals surface area (Å²) in [5.74, 6) is 0.0266. The van der Waals surface area contributed by atoms with Gasteiger partial charge in [-0.1, -0.05) is 19.1 Å². The van der Waals surface area contributed by atoms with Crippen molar-refractivity contribution in [2.45, 2.75) is 38.9 Å². The molecule has 96 valence electrons. The molecule has 0 saturated heterocycles. The molecule has 0 aromatic rings. The van der Waals surface area contributed by atoms with Gasteiger partial charge in [0.1, 0.15) is 0 Å². The first-order valence-corrected chi connectivity index (χ1v) is 6.71. The zero-order valence-electron chi connectivity index (χ0n) is 10.8. The number of fused-ring (bicyclic) bond motifs is 4. The highest BCUT2D eigenvalue weighted by atomic mass is 16.7. The Balaban J connectivity index is 1.82. The van der Waals surface area contributed by atoms with Crippen LogP contribution in [-0.2, 0) is 9.53 Å². The van der Waals surface area contributed by atoms with Gasteiger partial charge < -0.3 is 9.84 Å². The topological polar surface area (TPSA) is 46.5 Å². The molecular weight excluding hydrogens is 228 g/mol. The molecule has 18 heavy (non-hydrogen) atoms. The van der Waals surface area contributed by atoms with Crippen molar-refractivity contribution in [1.82, 2.24) is 0 Å². The Hall–Kier alpha value is -1.09. The standard InChI is InChI=1S/C15H18O3/c1-7-9-4-12(9)14(3)6-15(17)11(5-10(7)14)8(2)13(16)18-15/h9-10,12,17H,1,4-6H2,2-3H3/t9-,10-,12-,14-,15+/m1/s1. The van der Waals surface area contributed by atoms with Gasteiger partial charge in [0.25, 0.3) is 0 Å². The van der Waals surface area contributed by atoms with Gasteiger partial charge in [-0.05, 0) is 42.9 Å². The van der Waals surface area contributed by atoms with Gasteiger partial charge in [-0.25, -0.2) is 4.79 Å². The molecule has 0 spiro atoms. The molecule has 5 atom stereocenters. The van der Waals surface area contributed by atoms with E-state index in [4.69, 9.17) is 4.74 Å². The minimum absolute atomic E-state index is 0.0604. The lowest BCUT2D eigenvalue weighted by Gasteiger charge is -2.45. The highest BCUT2D eigenvalue weighted by molar-refractivity contribution is 5.92. The van der Waals surface area contributed by atoms with Crippen molar-refractivity contribution in [3.8, 4) is 0 Å². The van der Waals surface area contributed by atoms with Crippen molar-refractivity contribution >= 4 is 5.97 Å². The van der Waals surface area contributed by atoms with Crippen LogP contribution >= 0.6 is 0 Å². The Morgan fingerprint density at radius 3 is 2.94 bits per heavy atom. The van der Waals surface area contributed by atoms with Gasteiger partial charge in [-0.3, -0.25) is 0 Å². The molecule has 0 aromatic carbocycles. The maximum Gasteiger partial charge on any atom is 0.336 e. The van der Waals surface area contributed by atoms with E-state index in [1.165, 1.54) is 12.0 Å². The normalized spacial score (nSPS) is 52.9. The van der Waals surface area contributed by atoms with Crippen LogP contribution in [0, 0.1) is 23.2 Å². The molecule has 4 aliphatic rings. The second-order valence-electron chi connectivity index (χ2n) is 6.74. The molecule has 3 saturated carbocycles. The van der Waals surface area contributed by atoms with Crippen molar-refractivity contribution in [2.24, 2.45) is 23.2 Å².